The highest BCUT2D eigenvalue weighted by molar-refractivity contribution is 6.35. The number of ketones is 1. The number of carbonyl (C=O) groups is 1. The Morgan fingerprint density at radius 1 is 1.28 bits per heavy atom. The van der Waals surface area contributed by atoms with E-state index in [-0.39, 0.29) is 12.4 Å². The molecule has 1 aromatic heterocycles. The molecule has 7 heteroatoms. The van der Waals surface area contributed by atoms with Gasteiger partial charge < -0.3 is 9.94 Å². The van der Waals surface area contributed by atoms with Crippen molar-refractivity contribution in [1.82, 2.24) is 9.88 Å². The van der Waals surface area contributed by atoms with Gasteiger partial charge in [0.15, 0.2) is 0 Å². The van der Waals surface area contributed by atoms with Crippen LogP contribution in [0.3, 0.4) is 0 Å². The van der Waals surface area contributed by atoms with Gasteiger partial charge in [-0.3, -0.25) is 9.69 Å². The van der Waals surface area contributed by atoms with Gasteiger partial charge in [-0.15, -0.1) is 12.4 Å². The van der Waals surface area contributed by atoms with Crippen LogP contribution in [-0.2, 0) is 6.54 Å². The Morgan fingerprint density at radius 2 is 2.04 bits per heavy atom. The molecule has 1 aliphatic heterocycles. The van der Waals surface area contributed by atoms with Crippen molar-refractivity contribution in [2.75, 3.05) is 19.7 Å². The Hall–Kier alpha value is -2.44. The fraction of sp³-hybridized carbons (Fsp3) is 0.278. The molecule has 6 nitrogen and oxygen atoms in total. The van der Waals surface area contributed by atoms with Crippen molar-refractivity contribution in [3.63, 3.8) is 0 Å². The summed E-state index contributed by atoms with van der Waals surface area (Å²) in [5, 5.41) is 11.1. The minimum Gasteiger partial charge on any atom is -0.477 e. The molecule has 25 heavy (non-hydrogen) atoms. The summed E-state index contributed by atoms with van der Waals surface area (Å²) < 4.78 is 5.67. The first-order chi connectivity index (χ1) is 11.7. The third kappa shape index (κ3) is 5.27. The van der Waals surface area contributed by atoms with Crippen molar-refractivity contribution in [3.05, 3.63) is 59.8 Å². The SMILES string of the molecule is Cl.O=C(C=NO)c1ccc(OCC2CN(Cc3ccccc3)C2)nc1. The van der Waals surface area contributed by atoms with E-state index in [4.69, 9.17) is 9.94 Å². The van der Waals surface area contributed by atoms with Gasteiger partial charge in [0.05, 0.1) is 6.61 Å². The lowest BCUT2D eigenvalue weighted by molar-refractivity contribution is 0.0544. The van der Waals surface area contributed by atoms with Crippen LogP contribution in [0.4, 0.5) is 0 Å². The van der Waals surface area contributed by atoms with Crippen LogP contribution < -0.4 is 4.74 Å². The van der Waals surface area contributed by atoms with Crippen molar-refractivity contribution >= 4 is 24.4 Å². The molecule has 1 fully saturated rings. The van der Waals surface area contributed by atoms with Crippen LogP contribution in [-0.4, -0.2) is 46.8 Å². The molecule has 0 bridgehead atoms. The van der Waals surface area contributed by atoms with Gasteiger partial charge in [0.2, 0.25) is 11.7 Å². The molecule has 0 radical (unpaired) electrons. The fourth-order valence-electron chi connectivity index (χ4n) is 2.69. The van der Waals surface area contributed by atoms with Gasteiger partial charge in [-0.2, -0.15) is 0 Å². The molecule has 0 unspecified atom stereocenters. The molecule has 0 aliphatic carbocycles. The van der Waals surface area contributed by atoms with Gasteiger partial charge in [0, 0.05) is 43.4 Å². The number of pyridine rings is 1. The number of halogens is 1. The summed E-state index contributed by atoms with van der Waals surface area (Å²) in [5.74, 6) is 0.597. The highest BCUT2D eigenvalue weighted by Gasteiger charge is 2.27. The lowest BCUT2D eigenvalue weighted by Gasteiger charge is -2.38. The van der Waals surface area contributed by atoms with Crippen LogP contribution in [0.1, 0.15) is 15.9 Å². The van der Waals surface area contributed by atoms with Crippen molar-refractivity contribution in [3.8, 4) is 5.88 Å². The zero-order valence-corrected chi connectivity index (χ0v) is 14.4. The largest absolute Gasteiger partial charge is 0.477 e. The van der Waals surface area contributed by atoms with Crippen molar-refractivity contribution in [2.24, 2.45) is 11.1 Å². The van der Waals surface area contributed by atoms with Gasteiger partial charge in [0.1, 0.15) is 6.21 Å². The van der Waals surface area contributed by atoms with Gasteiger partial charge >= 0.3 is 0 Å². The van der Waals surface area contributed by atoms with E-state index in [0.717, 1.165) is 25.8 Å². The van der Waals surface area contributed by atoms with Crippen LogP contribution in [0.5, 0.6) is 5.88 Å². The zero-order chi connectivity index (χ0) is 16.8. The van der Waals surface area contributed by atoms with Gasteiger partial charge in [-0.05, 0) is 11.6 Å². The average molecular weight is 362 g/mol. The Labute approximate surface area is 152 Å². The van der Waals surface area contributed by atoms with Gasteiger partial charge in [-0.1, -0.05) is 35.5 Å². The number of hydrogen-bond donors (Lipinski definition) is 1. The topological polar surface area (TPSA) is 75.0 Å². The number of nitrogens with zero attached hydrogens (tertiary/aromatic N) is 3. The molecule has 2 aromatic rings. The number of likely N-dealkylation sites (tertiary alicyclic amines) is 1. The van der Waals surface area contributed by atoms with Crippen LogP contribution in [0.15, 0.2) is 53.8 Å². The van der Waals surface area contributed by atoms with E-state index >= 15 is 0 Å². The number of carbonyl (C=O) groups excluding carboxylic acids is 1. The minimum absolute atomic E-state index is 0. The maximum Gasteiger partial charge on any atom is 0.213 e. The van der Waals surface area contributed by atoms with Gasteiger partial charge in [0.25, 0.3) is 0 Å². The molecular weight excluding hydrogens is 342 g/mol. The molecular formula is C18H20ClN3O3. The molecule has 1 saturated heterocycles. The monoisotopic (exact) mass is 361 g/mol. The van der Waals surface area contributed by atoms with E-state index < -0.39 is 5.78 Å². The first-order valence-corrected chi connectivity index (χ1v) is 7.81. The second-order valence-electron chi connectivity index (χ2n) is 5.85. The number of aromatic nitrogens is 1. The van der Waals surface area contributed by atoms with Crippen molar-refractivity contribution < 1.29 is 14.7 Å². The smallest absolute Gasteiger partial charge is 0.213 e. The number of rotatable bonds is 7. The predicted octanol–water partition coefficient (Wildman–Crippen LogP) is 2.66. The maximum atomic E-state index is 11.5. The Balaban J connectivity index is 0.00000225. The summed E-state index contributed by atoms with van der Waals surface area (Å²) >= 11 is 0. The highest BCUT2D eigenvalue weighted by atomic mass is 35.5. The molecule has 1 N–H and O–H groups in total. The van der Waals surface area contributed by atoms with Crippen molar-refractivity contribution in [2.45, 2.75) is 6.54 Å². The number of Topliss-reactive ketones (excluding diaryl/α,β-unsaturated/α-hetero) is 1. The normalized spacial score (nSPS) is 14.7. The molecule has 1 aliphatic rings. The minimum atomic E-state index is -0.396. The Morgan fingerprint density at radius 3 is 2.68 bits per heavy atom. The van der Waals surface area contributed by atoms with Crippen LogP contribution in [0.25, 0.3) is 0 Å². The Kier molecular flexibility index (Phi) is 6.91. The van der Waals surface area contributed by atoms with E-state index in [2.05, 4.69) is 39.3 Å². The molecule has 0 saturated carbocycles. The lowest BCUT2D eigenvalue weighted by Crippen LogP contribution is -2.48. The third-order valence-corrected chi connectivity index (χ3v) is 3.94. The highest BCUT2D eigenvalue weighted by Crippen LogP contribution is 2.19. The second kappa shape index (κ2) is 9.15. The summed E-state index contributed by atoms with van der Waals surface area (Å²) in [6.45, 7) is 3.61. The summed E-state index contributed by atoms with van der Waals surface area (Å²) in [4.78, 5) is 17.9. The first kappa shape index (κ1) is 18.9. The van der Waals surface area contributed by atoms with E-state index in [9.17, 15) is 4.79 Å². The molecule has 1 aromatic carbocycles. The van der Waals surface area contributed by atoms with E-state index in [1.807, 2.05) is 6.07 Å². The summed E-state index contributed by atoms with van der Waals surface area (Å²) in [7, 11) is 0. The molecule has 0 atom stereocenters. The van der Waals surface area contributed by atoms with Crippen LogP contribution in [0, 0.1) is 5.92 Å². The summed E-state index contributed by atoms with van der Waals surface area (Å²) in [6, 6.07) is 13.7. The van der Waals surface area contributed by atoms with E-state index in [0.29, 0.717) is 24.0 Å². The molecule has 0 spiro atoms. The number of hydrogen-bond acceptors (Lipinski definition) is 6. The maximum absolute atomic E-state index is 11.5. The van der Waals surface area contributed by atoms with Crippen LogP contribution >= 0.6 is 12.4 Å². The molecule has 0 amide bonds. The number of ether oxygens (including phenoxy) is 1. The molecule has 132 valence electrons. The predicted molar refractivity (Wildman–Crippen MR) is 96.8 cm³/mol. The van der Waals surface area contributed by atoms with E-state index in [1.165, 1.54) is 11.8 Å². The van der Waals surface area contributed by atoms with Crippen molar-refractivity contribution in [1.29, 1.82) is 0 Å². The van der Waals surface area contributed by atoms with Crippen LogP contribution in [0.2, 0.25) is 0 Å². The Bertz CT molecular complexity index is 701. The lowest BCUT2D eigenvalue weighted by atomic mass is 10.0. The number of oxime groups is 1. The quantitative estimate of drug-likeness (QED) is 0.355. The second-order valence-corrected chi connectivity index (χ2v) is 5.85. The molecule has 3 rings (SSSR count). The zero-order valence-electron chi connectivity index (χ0n) is 13.6. The summed E-state index contributed by atoms with van der Waals surface area (Å²) in [5.41, 5.74) is 1.68. The standard InChI is InChI=1S/C18H19N3O3.ClH/c22-17(9-20-23)16-6-7-18(19-8-16)24-13-15-11-21(12-15)10-14-4-2-1-3-5-14;/h1-9,15,23H,10-13H2;1H. The fourth-order valence-corrected chi connectivity index (χ4v) is 2.69. The van der Waals surface area contributed by atoms with Gasteiger partial charge in [-0.25, -0.2) is 4.98 Å². The summed E-state index contributed by atoms with van der Waals surface area (Å²) in [6.07, 6.45) is 2.26. The van der Waals surface area contributed by atoms with E-state index in [1.54, 1.807) is 12.1 Å². The third-order valence-electron chi connectivity index (χ3n) is 3.94. The first-order valence-electron chi connectivity index (χ1n) is 7.81. The average Bonchev–Trinajstić information content (AvgIpc) is 2.58. The number of benzene rings is 1. The molecule has 2 heterocycles.